The van der Waals surface area contributed by atoms with Gasteiger partial charge in [-0.2, -0.15) is 0 Å². The van der Waals surface area contributed by atoms with E-state index >= 15 is 0 Å². The smallest absolute Gasteiger partial charge is 0.228 e. The minimum Gasteiger partial charge on any atom is -0.456 e. The molecule has 28 heavy (non-hydrogen) atoms. The number of aromatic nitrogens is 1. The maximum absolute atomic E-state index is 6.53. The molecular formula is C26H20NO+. The number of pyridine rings is 1. The number of ether oxygens (including phenoxy) is 1. The molecule has 0 fully saturated rings. The third-order valence-corrected chi connectivity index (χ3v) is 6.08. The van der Waals surface area contributed by atoms with Crippen LogP contribution in [0.3, 0.4) is 0 Å². The van der Waals surface area contributed by atoms with Crippen LogP contribution in [0.1, 0.15) is 11.1 Å². The monoisotopic (exact) mass is 362 g/mol. The van der Waals surface area contributed by atoms with Crippen LogP contribution in [0, 0.1) is 13.8 Å². The average Bonchev–Trinajstić information content (AvgIpc) is 2.69. The molecule has 0 N–H and O–H groups in total. The fourth-order valence-corrected chi connectivity index (χ4v) is 4.75. The lowest BCUT2D eigenvalue weighted by molar-refractivity contribution is -0.659. The minimum atomic E-state index is 0.943. The maximum atomic E-state index is 6.53. The van der Waals surface area contributed by atoms with E-state index < -0.39 is 0 Å². The third kappa shape index (κ3) is 1.95. The molecule has 0 spiro atoms. The number of fused-ring (bicyclic) bond motifs is 5. The fourth-order valence-electron chi connectivity index (χ4n) is 4.75. The third-order valence-electron chi connectivity index (χ3n) is 6.08. The molecule has 134 valence electrons. The Balaban J connectivity index is 1.84. The summed E-state index contributed by atoms with van der Waals surface area (Å²) in [5.41, 5.74) is 4.97. The molecule has 2 heterocycles. The Labute approximate surface area is 163 Å². The van der Waals surface area contributed by atoms with Gasteiger partial charge in [-0.3, -0.25) is 0 Å². The molecule has 6 rings (SSSR count). The standard InChI is InChI=1S/C26H20NO/c1-15-8-9-20-18(12-15)14-23-25-21(20)10-11-27(3)26(25)24-16(2)19-7-5-4-6-17(19)13-22(24)28-23/h4-14H,1-3H3/q+1. The van der Waals surface area contributed by atoms with Gasteiger partial charge in [0.05, 0.1) is 10.9 Å². The zero-order valence-electron chi connectivity index (χ0n) is 16.2. The van der Waals surface area contributed by atoms with Gasteiger partial charge in [0.2, 0.25) is 5.69 Å². The molecule has 0 atom stereocenters. The Kier molecular flexibility index (Phi) is 2.98. The largest absolute Gasteiger partial charge is 0.456 e. The highest BCUT2D eigenvalue weighted by Gasteiger charge is 2.30. The molecule has 2 heteroatoms. The number of nitrogens with zero attached hydrogens (tertiary/aromatic N) is 1. The van der Waals surface area contributed by atoms with E-state index in [0.29, 0.717) is 0 Å². The summed E-state index contributed by atoms with van der Waals surface area (Å²) in [7, 11) is 2.13. The first kappa shape index (κ1) is 15.6. The van der Waals surface area contributed by atoms with Crippen molar-refractivity contribution in [3.05, 3.63) is 78.0 Å². The molecule has 0 saturated carbocycles. The quantitative estimate of drug-likeness (QED) is 0.226. The van der Waals surface area contributed by atoms with Gasteiger partial charge in [-0.15, -0.1) is 0 Å². The molecule has 0 amide bonds. The Bertz CT molecular complexity index is 1460. The van der Waals surface area contributed by atoms with Crippen molar-refractivity contribution in [2.75, 3.05) is 0 Å². The Morgan fingerprint density at radius 3 is 2.46 bits per heavy atom. The predicted octanol–water partition coefficient (Wildman–Crippen LogP) is 6.36. The van der Waals surface area contributed by atoms with Crippen molar-refractivity contribution in [3.63, 3.8) is 0 Å². The van der Waals surface area contributed by atoms with Crippen molar-refractivity contribution in [2.24, 2.45) is 7.05 Å². The van der Waals surface area contributed by atoms with Crippen molar-refractivity contribution in [1.82, 2.24) is 0 Å². The first-order chi connectivity index (χ1) is 13.6. The zero-order chi connectivity index (χ0) is 19.0. The SMILES string of the molecule is Cc1ccc2c(c1)cc1c3c([n+](C)ccc32)-c2c(cc3ccccc3c2C)O1. The molecule has 0 aliphatic carbocycles. The lowest BCUT2D eigenvalue weighted by Crippen LogP contribution is -2.31. The van der Waals surface area contributed by atoms with Crippen molar-refractivity contribution in [2.45, 2.75) is 13.8 Å². The van der Waals surface area contributed by atoms with E-state index in [1.54, 1.807) is 0 Å². The van der Waals surface area contributed by atoms with Gasteiger partial charge in [-0.05, 0) is 53.1 Å². The van der Waals surface area contributed by atoms with Crippen molar-refractivity contribution < 1.29 is 9.30 Å². The van der Waals surface area contributed by atoms with Gasteiger partial charge in [0, 0.05) is 11.5 Å². The van der Waals surface area contributed by atoms with E-state index in [1.807, 2.05) is 0 Å². The van der Waals surface area contributed by atoms with Gasteiger partial charge < -0.3 is 4.74 Å². The molecule has 0 radical (unpaired) electrons. The summed E-state index contributed by atoms with van der Waals surface area (Å²) >= 11 is 0. The summed E-state index contributed by atoms with van der Waals surface area (Å²) < 4.78 is 8.76. The summed E-state index contributed by atoms with van der Waals surface area (Å²) in [6.45, 7) is 4.34. The van der Waals surface area contributed by atoms with Crippen LogP contribution in [-0.4, -0.2) is 0 Å². The second kappa shape index (κ2) is 5.32. The van der Waals surface area contributed by atoms with Crippen LogP contribution in [0.5, 0.6) is 11.5 Å². The van der Waals surface area contributed by atoms with Gasteiger partial charge in [0.1, 0.15) is 18.5 Å². The highest BCUT2D eigenvalue weighted by atomic mass is 16.5. The van der Waals surface area contributed by atoms with Gasteiger partial charge in [0.15, 0.2) is 6.20 Å². The van der Waals surface area contributed by atoms with E-state index in [0.717, 1.165) is 11.5 Å². The molecule has 5 aromatic rings. The second-order valence-corrected chi connectivity index (χ2v) is 7.86. The lowest BCUT2D eigenvalue weighted by atomic mass is 9.90. The number of hydrogen-bond acceptors (Lipinski definition) is 1. The average molecular weight is 362 g/mol. The molecule has 0 bridgehead atoms. The summed E-state index contributed by atoms with van der Waals surface area (Å²) in [4.78, 5) is 0. The van der Waals surface area contributed by atoms with Crippen LogP contribution in [-0.2, 0) is 7.05 Å². The first-order valence-corrected chi connectivity index (χ1v) is 9.68. The molecule has 1 aliphatic heterocycles. The number of benzene rings is 4. The van der Waals surface area contributed by atoms with Crippen LogP contribution in [0.15, 0.2) is 66.9 Å². The van der Waals surface area contributed by atoms with Crippen LogP contribution in [0.4, 0.5) is 0 Å². The number of hydrogen-bond donors (Lipinski definition) is 0. The van der Waals surface area contributed by atoms with Crippen LogP contribution < -0.4 is 9.30 Å². The molecule has 0 unspecified atom stereocenters. The lowest BCUT2D eigenvalue weighted by Gasteiger charge is -2.22. The highest BCUT2D eigenvalue weighted by molar-refractivity contribution is 6.16. The molecule has 1 aliphatic rings. The predicted molar refractivity (Wildman–Crippen MR) is 115 cm³/mol. The summed E-state index contributed by atoms with van der Waals surface area (Å²) in [6, 6.07) is 21.8. The van der Waals surface area contributed by atoms with E-state index in [-0.39, 0.29) is 0 Å². The Morgan fingerprint density at radius 2 is 1.57 bits per heavy atom. The molecule has 1 aromatic heterocycles. The normalized spacial score (nSPS) is 12.4. The molecule has 2 nitrogen and oxygen atoms in total. The first-order valence-electron chi connectivity index (χ1n) is 9.68. The van der Waals surface area contributed by atoms with E-state index in [1.165, 1.54) is 54.7 Å². The Morgan fingerprint density at radius 1 is 0.750 bits per heavy atom. The Hall–Kier alpha value is -3.39. The maximum Gasteiger partial charge on any atom is 0.228 e. The number of aryl methyl sites for hydroxylation is 3. The zero-order valence-corrected chi connectivity index (χ0v) is 16.2. The van der Waals surface area contributed by atoms with Crippen LogP contribution >= 0.6 is 0 Å². The van der Waals surface area contributed by atoms with E-state index in [9.17, 15) is 0 Å². The summed E-state index contributed by atoms with van der Waals surface area (Å²) in [5.74, 6) is 1.89. The van der Waals surface area contributed by atoms with Gasteiger partial charge in [-0.1, -0.05) is 48.0 Å². The van der Waals surface area contributed by atoms with Crippen LogP contribution in [0.2, 0.25) is 0 Å². The van der Waals surface area contributed by atoms with E-state index in [4.69, 9.17) is 4.74 Å². The highest BCUT2D eigenvalue weighted by Crippen LogP contribution is 2.49. The fraction of sp³-hybridized carbons (Fsp3) is 0.115. The van der Waals surface area contributed by atoms with Gasteiger partial charge in [-0.25, -0.2) is 4.57 Å². The van der Waals surface area contributed by atoms with Crippen molar-refractivity contribution in [3.8, 4) is 22.8 Å². The number of rotatable bonds is 0. The van der Waals surface area contributed by atoms with Gasteiger partial charge >= 0.3 is 0 Å². The van der Waals surface area contributed by atoms with E-state index in [2.05, 4.69) is 92.3 Å². The summed E-state index contributed by atoms with van der Waals surface area (Å²) in [5, 5.41) is 7.45. The van der Waals surface area contributed by atoms with Crippen LogP contribution in [0.25, 0.3) is 43.6 Å². The summed E-state index contributed by atoms with van der Waals surface area (Å²) in [6.07, 6.45) is 2.17. The minimum absolute atomic E-state index is 0.943. The second-order valence-electron chi connectivity index (χ2n) is 7.86. The topological polar surface area (TPSA) is 13.1 Å². The van der Waals surface area contributed by atoms with Crippen molar-refractivity contribution >= 4 is 32.3 Å². The molecular weight excluding hydrogens is 342 g/mol. The van der Waals surface area contributed by atoms with Crippen molar-refractivity contribution in [1.29, 1.82) is 0 Å². The van der Waals surface area contributed by atoms with Gasteiger partial charge in [0.25, 0.3) is 0 Å². The molecule has 0 saturated heterocycles. The molecule has 4 aromatic carbocycles.